The highest BCUT2D eigenvalue weighted by atomic mass is 35.5. The predicted molar refractivity (Wildman–Crippen MR) is 103 cm³/mol. The van der Waals surface area contributed by atoms with Gasteiger partial charge in [-0.05, 0) is 44.7 Å². The Hall–Kier alpha value is -1.77. The molecule has 9 heteroatoms. The molecule has 0 bridgehead atoms. The van der Waals surface area contributed by atoms with Crippen molar-refractivity contribution in [3.63, 3.8) is 0 Å². The molecule has 2 aliphatic rings. The van der Waals surface area contributed by atoms with E-state index in [0.29, 0.717) is 12.8 Å². The van der Waals surface area contributed by atoms with Crippen LogP contribution in [-0.2, 0) is 14.6 Å². The summed E-state index contributed by atoms with van der Waals surface area (Å²) in [5.74, 6) is -0.544. The Morgan fingerprint density at radius 3 is 2.63 bits per heavy atom. The fourth-order valence-electron chi connectivity index (χ4n) is 3.40. The summed E-state index contributed by atoms with van der Waals surface area (Å²) in [7, 11) is -2.31. The highest BCUT2D eigenvalue weighted by Gasteiger charge is 2.42. The quantitative estimate of drug-likeness (QED) is 0.506. The van der Waals surface area contributed by atoms with Gasteiger partial charge in [0.2, 0.25) is 0 Å². The molecule has 1 aromatic rings. The van der Waals surface area contributed by atoms with Crippen LogP contribution >= 0.6 is 11.6 Å². The van der Waals surface area contributed by atoms with Gasteiger partial charge in [0.05, 0.1) is 28.1 Å². The first-order valence-electron chi connectivity index (χ1n) is 8.76. The molecule has 0 aliphatic heterocycles. The average molecular weight is 415 g/mol. The summed E-state index contributed by atoms with van der Waals surface area (Å²) in [6.07, 6.45) is 4.35. The molecule has 3 rings (SSSR count). The number of amides is 2. The van der Waals surface area contributed by atoms with Crippen LogP contribution in [-0.4, -0.2) is 44.1 Å². The van der Waals surface area contributed by atoms with Crippen LogP contribution in [0.5, 0.6) is 5.75 Å². The number of carbonyl (C=O) groups excluding carboxylic acids is 1. The van der Waals surface area contributed by atoms with Crippen molar-refractivity contribution in [3.8, 4) is 5.75 Å². The van der Waals surface area contributed by atoms with Gasteiger partial charge in [0, 0.05) is 7.11 Å². The number of hydrogen-bond acceptors (Lipinski definition) is 5. The summed E-state index contributed by atoms with van der Waals surface area (Å²) >= 11 is 6.07. The summed E-state index contributed by atoms with van der Waals surface area (Å²) in [6.45, 7) is 1.94. The van der Waals surface area contributed by atoms with Crippen molar-refractivity contribution in [2.45, 2.75) is 54.9 Å². The third-order valence-electron chi connectivity index (χ3n) is 5.22. The van der Waals surface area contributed by atoms with Crippen molar-refractivity contribution < 1.29 is 23.1 Å². The molecule has 0 heterocycles. The number of phenolic OH excluding ortho intramolecular Hbond substituents is 1. The summed E-state index contributed by atoms with van der Waals surface area (Å²) in [5, 5.41) is 15.1. The minimum atomic E-state index is -3.84. The maximum absolute atomic E-state index is 12.8. The van der Waals surface area contributed by atoms with E-state index in [2.05, 4.69) is 16.7 Å². The maximum Gasteiger partial charge on any atom is 0.319 e. The number of benzene rings is 1. The number of aromatic hydroxyl groups is 1. The maximum atomic E-state index is 12.8. The number of sulfone groups is 1. The van der Waals surface area contributed by atoms with E-state index in [1.165, 1.54) is 19.2 Å². The van der Waals surface area contributed by atoms with E-state index in [1.807, 2.05) is 6.92 Å². The number of rotatable bonds is 5. The molecule has 0 radical (unpaired) electrons. The zero-order chi connectivity index (χ0) is 19.8. The van der Waals surface area contributed by atoms with E-state index < -0.39 is 26.9 Å². The second kappa shape index (κ2) is 7.69. The first kappa shape index (κ1) is 20.0. The van der Waals surface area contributed by atoms with E-state index in [-0.39, 0.29) is 27.8 Å². The topological polar surface area (TPSA) is 105 Å². The van der Waals surface area contributed by atoms with Crippen molar-refractivity contribution >= 4 is 33.2 Å². The van der Waals surface area contributed by atoms with Crippen LogP contribution in [0, 0.1) is 0 Å². The zero-order valence-corrected chi connectivity index (χ0v) is 16.7. The Morgan fingerprint density at radius 1 is 1.33 bits per heavy atom. The minimum absolute atomic E-state index is 0.00211. The predicted octanol–water partition coefficient (Wildman–Crippen LogP) is 3.23. The minimum Gasteiger partial charge on any atom is -0.504 e. The highest BCUT2D eigenvalue weighted by molar-refractivity contribution is 7.92. The summed E-state index contributed by atoms with van der Waals surface area (Å²) < 4.78 is 30.8. The van der Waals surface area contributed by atoms with Gasteiger partial charge >= 0.3 is 6.03 Å². The molecule has 1 saturated carbocycles. The SMILES string of the molecule is CO[C@H]1C[C@@H](S(=O)(=O)c2c(Cl)ccc(NC(=O)N[C@@H]3CCC=C3C)c2O)C1. The molecule has 0 aromatic heterocycles. The standard InChI is InChI=1S/C18H23ClN2O5S/c1-10-4-3-5-14(10)20-18(23)21-15-7-6-13(19)17(16(15)22)27(24,25)12-8-11(9-12)26-2/h4,6-7,11-12,14,22H,3,5,8-9H2,1-2H3,(H2,20,21,23)/t11-,12+,14-/m1/s1. The molecule has 0 unspecified atom stereocenters. The van der Waals surface area contributed by atoms with Crippen LogP contribution < -0.4 is 10.6 Å². The number of phenols is 1. The first-order valence-corrected chi connectivity index (χ1v) is 10.7. The molecule has 2 aliphatic carbocycles. The van der Waals surface area contributed by atoms with E-state index >= 15 is 0 Å². The lowest BCUT2D eigenvalue weighted by Gasteiger charge is -2.33. The van der Waals surface area contributed by atoms with Gasteiger partial charge < -0.3 is 20.5 Å². The average Bonchev–Trinajstić information content (AvgIpc) is 2.94. The van der Waals surface area contributed by atoms with Crippen LogP contribution in [0.25, 0.3) is 0 Å². The van der Waals surface area contributed by atoms with Gasteiger partial charge in [-0.2, -0.15) is 0 Å². The van der Waals surface area contributed by atoms with Crippen molar-refractivity contribution in [2.24, 2.45) is 0 Å². The van der Waals surface area contributed by atoms with Crippen LogP contribution in [0.2, 0.25) is 5.02 Å². The summed E-state index contributed by atoms with van der Waals surface area (Å²) in [4.78, 5) is 11.9. The number of nitrogens with one attached hydrogen (secondary N) is 2. The molecule has 7 nitrogen and oxygen atoms in total. The molecule has 0 spiro atoms. The number of halogens is 1. The van der Waals surface area contributed by atoms with Gasteiger partial charge in [-0.15, -0.1) is 0 Å². The van der Waals surface area contributed by atoms with E-state index in [4.69, 9.17) is 16.3 Å². The Bertz CT molecular complexity index is 878. The molecule has 2 amide bonds. The van der Waals surface area contributed by atoms with Gasteiger partial charge in [0.15, 0.2) is 15.6 Å². The second-order valence-corrected chi connectivity index (χ2v) is 9.52. The normalized spacial score (nSPS) is 24.9. The lowest BCUT2D eigenvalue weighted by atomic mass is 9.95. The number of methoxy groups -OCH3 is 1. The molecule has 27 heavy (non-hydrogen) atoms. The zero-order valence-electron chi connectivity index (χ0n) is 15.2. The monoisotopic (exact) mass is 414 g/mol. The Kier molecular flexibility index (Phi) is 5.69. The second-order valence-electron chi connectivity index (χ2n) is 6.95. The molecule has 1 atom stereocenters. The van der Waals surface area contributed by atoms with Crippen LogP contribution in [0.4, 0.5) is 10.5 Å². The van der Waals surface area contributed by atoms with E-state index in [0.717, 1.165) is 18.4 Å². The van der Waals surface area contributed by atoms with Crippen LogP contribution in [0.1, 0.15) is 32.6 Å². The van der Waals surface area contributed by atoms with Crippen LogP contribution in [0.3, 0.4) is 0 Å². The molecule has 1 aromatic carbocycles. The number of urea groups is 1. The van der Waals surface area contributed by atoms with Crippen molar-refractivity contribution in [2.75, 3.05) is 12.4 Å². The highest BCUT2D eigenvalue weighted by Crippen LogP contribution is 2.42. The van der Waals surface area contributed by atoms with Gasteiger partial charge in [0.25, 0.3) is 0 Å². The van der Waals surface area contributed by atoms with Crippen molar-refractivity contribution in [1.29, 1.82) is 0 Å². The van der Waals surface area contributed by atoms with Gasteiger partial charge in [0.1, 0.15) is 4.90 Å². The molecular formula is C18H23ClN2O5S. The van der Waals surface area contributed by atoms with Crippen LogP contribution in [0.15, 0.2) is 28.7 Å². The Morgan fingerprint density at radius 2 is 2.04 bits per heavy atom. The lowest BCUT2D eigenvalue weighted by Crippen LogP contribution is -2.40. The van der Waals surface area contributed by atoms with Crippen molar-refractivity contribution in [3.05, 3.63) is 28.8 Å². The molecule has 3 N–H and O–H groups in total. The molecular weight excluding hydrogens is 392 g/mol. The molecule has 148 valence electrons. The fourth-order valence-corrected chi connectivity index (χ4v) is 5.86. The smallest absolute Gasteiger partial charge is 0.319 e. The lowest BCUT2D eigenvalue weighted by molar-refractivity contribution is 0.0436. The summed E-state index contributed by atoms with van der Waals surface area (Å²) in [6, 6.07) is 2.16. The van der Waals surface area contributed by atoms with E-state index in [1.54, 1.807) is 0 Å². The van der Waals surface area contributed by atoms with Gasteiger partial charge in [-0.3, -0.25) is 0 Å². The summed E-state index contributed by atoms with van der Waals surface area (Å²) in [5.41, 5.74) is 1.07. The molecule has 1 fully saturated rings. The van der Waals surface area contributed by atoms with Crippen molar-refractivity contribution in [1.82, 2.24) is 5.32 Å². The first-order chi connectivity index (χ1) is 12.7. The number of hydrogen-bond donors (Lipinski definition) is 3. The number of ether oxygens (including phenoxy) is 1. The third-order valence-corrected chi connectivity index (χ3v) is 7.89. The number of carbonyl (C=O) groups is 1. The Balaban J connectivity index is 1.79. The van der Waals surface area contributed by atoms with E-state index in [9.17, 15) is 18.3 Å². The fraction of sp³-hybridized carbons (Fsp3) is 0.500. The number of allylic oxidation sites excluding steroid dienone is 1. The van der Waals surface area contributed by atoms with Gasteiger partial charge in [-0.25, -0.2) is 13.2 Å². The number of anilines is 1. The third kappa shape index (κ3) is 3.93. The Labute approximate surface area is 163 Å². The van der Waals surface area contributed by atoms with Gasteiger partial charge in [-0.1, -0.05) is 23.3 Å². The largest absolute Gasteiger partial charge is 0.504 e. The molecule has 0 saturated heterocycles.